The van der Waals surface area contributed by atoms with Crippen molar-refractivity contribution in [2.24, 2.45) is 0 Å². The number of nitrogens with one attached hydrogen (secondary N) is 1. The average Bonchev–Trinajstić information content (AvgIpc) is 3.12. The molecule has 0 bridgehead atoms. The first-order valence-electron chi connectivity index (χ1n) is 8.32. The summed E-state index contributed by atoms with van der Waals surface area (Å²) in [6.45, 7) is 4.01. The van der Waals surface area contributed by atoms with E-state index in [0.29, 0.717) is 6.79 Å². The molecule has 1 N–H and O–H groups in total. The normalized spacial score (nSPS) is 19.3. The molecule has 2 aliphatic rings. The SMILES string of the molecule is COc1ccccc1C1CNCCN1Cc1cccc2c1OCO2.Cl. The maximum absolute atomic E-state index is 5.67. The summed E-state index contributed by atoms with van der Waals surface area (Å²) in [5.74, 6) is 2.67. The Morgan fingerprint density at radius 1 is 1.16 bits per heavy atom. The van der Waals surface area contributed by atoms with Crippen molar-refractivity contribution in [3.63, 3.8) is 0 Å². The lowest BCUT2D eigenvalue weighted by molar-refractivity contribution is 0.146. The fourth-order valence-corrected chi connectivity index (χ4v) is 3.52. The minimum absolute atomic E-state index is 0. The van der Waals surface area contributed by atoms with Gasteiger partial charge in [0.05, 0.1) is 13.2 Å². The quantitative estimate of drug-likeness (QED) is 0.905. The average molecular weight is 363 g/mol. The van der Waals surface area contributed by atoms with Crippen molar-refractivity contribution in [1.29, 1.82) is 0 Å². The fraction of sp³-hybridized carbons (Fsp3) is 0.368. The van der Waals surface area contributed by atoms with E-state index in [9.17, 15) is 0 Å². The summed E-state index contributed by atoms with van der Waals surface area (Å²) in [4.78, 5) is 2.48. The van der Waals surface area contributed by atoms with Crippen molar-refractivity contribution in [3.8, 4) is 17.2 Å². The van der Waals surface area contributed by atoms with Crippen LogP contribution >= 0.6 is 12.4 Å². The van der Waals surface area contributed by atoms with E-state index in [-0.39, 0.29) is 18.4 Å². The predicted molar refractivity (Wildman–Crippen MR) is 98.8 cm³/mol. The molecule has 1 unspecified atom stereocenters. The molecule has 5 nitrogen and oxygen atoms in total. The highest BCUT2D eigenvalue weighted by molar-refractivity contribution is 5.85. The van der Waals surface area contributed by atoms with Gasteiger partial charge in [0.25, 0.3) is 0 Å². The number of methoxy groups -OCH3 is 1. The molecule has 1 atom stereocenters. The largest absolute Gasteiger partial charge is 0.496 e. The van der Waals surface area contributed by atoms with E-state index in [2.05, 4.69) is 28.4 Å². The maximum Gasteiger partial charge on any atom is 0.231 e. The van der Waals surface area contributed by atoms with E-state index in [1.54, 1.807) is 7.11 Å². The Morgan fingerprint density at radius 2 is 2.04 bits per heavy atom. The van der Waals surface area contributed by atoms with Gasteiger partial charge in [-0.15, -0.1) is 12.4 Å². The lowest BCUT2D eigenvalue weighted by atomic mass is 10.0. The number of piperazine rings is 1. The lowest BCUT2D eigenvalue weighted by Crippen LogP contribution is -2.45. The van der Waals surface area contributed by atoms with Crippen LogP contribution in [-0.2, 0) is 6.54 Å². The third-order valence-electron chi connectivity index (χ3n) is 4.70. The molecule has 6 heteroatoms. The molecule has 25 heavy (non-hydrogen) atoms. The van der Waals surface area contributed by atoms with Gasteiger partial charge in [0.15, 0.2) is 11.5 Å². The molecule has 0 radical (unpaired) electrons. The van der Waals surface area contributed by atoms with E-state index < -0.39 is 0 Å². The van der Waals surface area contributed by atoms with Gasteiger partial charge in [-0.05, 0) is 12.1 Å². The molecule has 0 spiro atoms. The zero-order chi connectivity index (χ0) is 16.4. The van der Waals surface area contributed by atoms with Gasteiger partial charge >= 0.3 is 0 Å². The van der Waals surface area contributed by atoms with Crippen LogP contribution in [-0.4, -0.2) is 38.4 Å². The van der Waals surface area contributed by atoms with Crippen LogP contribution in [0.1, 0.15) is 17.2 Å². The molecule has 2 aliphatic heterocycles. The smallest absolute Gasteiger partial charge is 0.231 e. The minimum atomic E-state index is 0. The molecular weight excluding hydrogens is 340 g/mol. The van der Waals surface area contributed by atoms with E-state index in [1.165, 1.54) is 11.1 Å². The summed E-state index contributed by atoms with van der Waals surface area (Å²) in [6.07, 6.45) is 0. The Hall–Kier alpha value is -1.95. The number of fused-ring (bicyclic) bond motifs is 1. The number of halogens is 1. The van der Waals surface area contributed by atoms with Crippen molar-refractivity contribution >= 4 is 12.4 Å². The molecular formula is C19H23ClN2O3. The van der Waals surface area contributed by atoms with Gasteiger partial charge in [0, 0.05) is 37.3 Å². The van der Waals surface area contributed by atoms with Crippen molar-refractivity contribution in [2.45, 2.75) is 12.6 Å². The van der Waals surface area contributed by atoms with Crippen LogP contribution in [0.15, 0.2) is 42.5 Å². The molecule has 1 saturated heterocycles. The van der Waals surface area contributed by atoms with Crippen LogP contribution < -0.4 is 19.5 Å². The zero-order valence-electron chi connectivity index (χ0n) is 14.2. The fourth-order valence-electron chi connectivity index (χ4n) is 3.52. The van der Waals surface area contributed by atoms with Crippen LogP contribution in [0.4, 0.5) is 0 Å². The Morgan fingerprint density at radius 3 is 2.92 bits per heavy atom. The van der Waals surface area contributed by atoms with Gasteiger partial charge < -0.3 is 19.5 Å². The Labute approximate surface area is 154 Å². The van der Waals surface area contributed by atoms with Crippen molar-refractivity contribution < 1.29 is 14.2 Å². The first kappa shape index (κ1) is 17.9. The van der Waals surface area contributed by atoms with E-state index in [4.69, 9.17) is 14.2 Å². The molecule has 2 aromatic rings. The highest BCUT2D eigenvalue weighted by atomic mass is 35.5. The van der Waals surface area contributed by atoms with Crippen LogP contribution in [0.25, 0.3) is 0 Å². The zero-order valence-corrected chi connectivity index (χ0v) is 15.1. The molecule has 2 heterocycles. The number of benzene rings is 2. The number of para-hydroxylation sites is 2. The third kappa shape index (κ3) is 3.54. The van der Waals surface area contributed by atoms with E-state index >= 15 is 0 Å². The lowest BCUT2D eigenvalue weighted by Gasteiger charge is -2.37. The van der Waals surface area contributed by atoms with Gasteiger partial charge in [-0.3, -0.25) is 4.90 Å². The number of hydrogen-bond acceptors (Lipinski definition) is 5. The highest BCUT2D eigenvalue weighted by Gasteiger charge is 2.28. The Bertz CT molecular complexity index is 726. The number of ether oxygens (including phenoxy) is 3. The number of nitrogens with zero attached hydrogens (tertiary/aromatic N) is 1. The van der Waals surface area contributed by atoms with E-state index in [0.717, 1.165) is 43.4 Å². The summed E-state index contributed by atoms with van der Waals surface area (Å²) in [5, 5.41) is 3.50. The van der Waals surface area contributed by atoms with Crippen molar-refractivity contribution in [1.82, 2.24) is 10.2 Å². The van der Waals surface area contributed by atoms with Crippen molar-refractivity contribution in [2.75, 3.05) is 33.5 Å². The number of hydrogen-bond donors (Lipinski definition) is 1. The monoisotopic (exact) mass is 362 g/mol. The van der Waals surface area contributed by atoms with Crippen LogP contribution in [0, 0.1) is 0 Å². The molecule has 0 amide bonds. The molecule has 1 fully saturated rings. The molecule has 134 valence electrons. The third-order valence-corrected chi connectivity index (χ3v) is 4.70. The minimum Gasteiger partial charge on any atom is -0.496 e. The molecule has 0 aliphatic carbocycles. The molecule has 2 aromatic carbocycles. The topological polar surface area (TPSA) is 43.0 Å². The second-order valence-corrected chi connectivity index (χ2v) is 6.08. The highest BCUT2D eigenvalue weighted by Crippen LogP contribution is 2.38. The summed E-state index contributed by atoms with van der Waals surface area (Å²) < 4.78 is 16.7. The first-order valence-corrected chi connectivity index (χ1v) is 8.32. The summed E-state index contributed by atoms with van der Waals surface area (Å²) in [7, 11) is 1.73. The number of rotatable bonds is 4. The maximum atomic E-state index is 5.67. The Balaban J connectivity index is 0.00000182. The van der Waals surface area contributed by atoms with Gasteiger partial charge in [-0.25, -0.2) is 0 Å². The predicted octanol–water partition coefficient (Wildman–Crippen LogP) is 2.99. The molecule has 0 aromatic heterocycles. The van der Waals surface area contributed by atoms with Gasteiger partial charge in [0.1, 0.15) is 5.75 Å². The van der Waals surface area contributed by atoms with Crippen LogP contribution in [0.2, 0.25) is 0 Å². The molecule has 4 rings (SSSR count). The van der Waals surface area contributed by atoms with Gasteiger partial charge in [0.2, 0.25) is 6.79 Å². The van der Waals surface area contributed by atoms with Crippen molar-refractivity contribution in [3.05, 3.63) is 53.6 Å². The standard InChI is InChI=1S/C19H22N2O3.ClH/c1-22-17-7-3-2-6-15(17)16-11-20-9-10-21(16)12-14-5-4-8-18-19(14)24-13-23-18;/h2-8,16,20H,9-13H2,1H3;1H. The van der Waals surface area contributed by atoms with Crippen LogP contribution in [0.5, 0.6) is 17.2 Å². The van der Waals surface area contributed by atoms with Gasteiger partial charge in [-0.1, -0.05) is 30.3 Å². The summed E-state index contributed by atoms with van der Waals surface area (Å²) >= 11 is 0. The first-order chi connectivity index (χ1) is 11.9. The summed E-state index contributed by atoms with van der Waals surface area (Å²) in [6, 6.07) is 14.6. The Kier molecular flexibility index (Phi) is 5.68. The second kappa shape index (κ2) is 7.95. The van der Waals surface area contributed by atoms with Crippen LogP contribution in [0.3, 0.4) is 0 Å². The van der Waals surface area contributed by atoms with E-state index in [1.807, 2.05) is 24.3 Å². The molecule has 0 saturated carbocycles. The second-order valence-electron chi connectivity index (χ2n) is 6.08. The summed E-state index contributed by atoms with van der Waals surface area (Å²) in [5.41, 5.74) is 2.39. The van der Waals surface area contributed by atoms with Gasteiger partial charge in [-0.2, -0.15) is 0 Å².